The Kier molecular flexibility index (Phi) is 4.69. The minimum atomic E-state index is -0.274. The van der Waals surface area contributed by atoms with Crippen molar-refractivity contribution in [1.29, 1.82) is 0 Å². The highest BCUT2D eigenvalue weighted by atomic mass is 35.5. The molecule has 2 aromatic carbocycles. The van der Waals surface area contributed by atoms with Gasteiger partial charge in [0.15, 0.2) is 0 Å². The fraction of sp³-hybridized carbons (Fsp3) is 0.316. The van der Waals surface area contributed by atoms with E-state index in [0.29, 0.717) is 5.02 Å². The zero-order chi connectivity index (χ0) is 16.4. The van der Waals surface area contributed by atoms with Crippen LogP contribution in [0.3, 0.4) is 0 Å². The molecule has 1 amide bonds. The second-order valence-electron chi connectivity index (χ2n) is 6.13. The van der Waals surface area contributed by atoms with Crippen molar-refractivity contribution in [3.05, 3.63) is 64.2 Å². The highest BCUT2D eigenvalue weighted by Crippen LogP contribution is 2.31. The lowest BCUT2D eigenvalue weighted by Crippen LogP contribution is -2.39. The number of nitrogens with one attached hydrogen (secondary N) is 2. The van der Waals surface area contributed by atoms with Gasteiger partial charge in [-0.25, -0.2) is 0 Å². The van der Waals surface area contributed by atoms with Gasteiger partial charge in [-0.05, 0) is 55.5 Å². The van der Waals surface area contributed by atoms with Crippen LogP contribution in [0.2, 0.25) is 5.02 Å². The zero-order valence-electron chi connectivity index (χ0n) is 13.4. The summed E-state index contributed by atoms with van der Waals surface area (Å²) in [6.45, 7) is 3.85. The molecule has 120 valence electrons. The summed E-state index contributed by atoms with van der Waals surface area (Å²) in [4.78, 5) is 12.5. The van der Waals surface area contributed by atoms with Crippen molar-refractivity contribution < 1.29 is 4.79 Å². The topological polar surface area (TPSA) is 41.1 Å². The summed E-state index contributed by atoms with van der Waals surface area (Å²) >= 11 is 6.01. The molecule has 0 heterocycles. The molecule has 4 heteroatoms. The Hall–Kier alpha value is -1.84. The van der Waals surface area contributed by atoms with Crippen molar-refractivity contribution >= 4 is 23.2 Å². The van der Waals surface area contributed by atoms with Crippen LogP contribution in [0.15, 0.2) is 42.5 Å². The third-order valence-corrected chi connectivity index (χ3v) is 4.67. The second kappa shape index (κ2) is 6.73. The average molecular weight is 329 g/mol. The van der Waals surface area contributed by atoms with Crippen molar-refractivity contribution in [2.75, 3.05) is 5.32 Å². The van der Waals surface area contributed by atoms with Crippen LogP contribution in [0.25, 0.3) is 0 Å². The van der Waals surface area contributed by atoms with Gasteiger partial charge in [0.25, 0.3) is 0 Å². The van der Waals surface area contributed by atoms with Gasteiger partial charge in [0.05, 0.1) is 6.04 Å². The number of anilines is 1. The Bertz CT molecular complexity index is 729. The summed E-state index contributed by atoms with van der Waals surface area (Å²) in [5, 5.41) is 7.03. The molecule has 3 rings (SSSR count). The molecule has 0 saturated heterocycles. The first kappa shape index (κ1) is 16.0. The molecule has 0 aromatic heterocycles. The number of amides is 1. The van der Waals surface area contributed by atoms with Crippen LogP contribution in [0.1, 0.15) is 36.1 Å². The van der Waals surface area contributed by atoms with Gasteiger partial charge in [0.1, 0.15) is 0 Å². The van der Waals surface area contributed by atoms with Crippen LogP contribution in [0.5, 0.6) is 0 Å². The largest absolute Gasteiger partial charge is 0.324 e. The smallest absolute Gasteiger partial charge is 0.241 e. The minimum absolute atomic E-state index is 0.0419. The monoisotopic (exact) mass is 328 g/mol. The number of rotatable bonds is 4. The lowest BCUT2D eigenvalue weighted by atomic mass is 10.1. The number of benzene rings is 2. The van der Waals surface area contributed by atoms with Crippen LogP contribution in [-0.2, 0) is 11.2 Å². The van der Waals surface area contributed by atoms with Crippen molar-refractivity contribution in [2.24, 2.45) is 0 Å². The van der Waals surface area contributed by atoms with Crippen LogP contribution in [0.4, 0.5) is 5.69 Å². The lowest BCUT2D eigenvalue weighted by molar-refractivity contribution is -0.118. The third-order valence-electron chi connectivity index (χ3n) is 4.43. The number of carbonyl (C=O) groups excluding carboxylic acids is 1. The van der Waals surface area contributed by atoms with E-state index in [9.17, 15) is 4.79 Å². The molecule has 2 atom stereocenters. The van der Waals surface area contributed by atoms with Crippen LogP contribution >= 0.6 is 11.6 Å². The van der Waals surface area contributed by atoms with E-state index in [0.717, 1.165) is 24.1 Å². The summed E-state index contributed by atoms with van der Waals surface area (Å²) in [7, 11) is 0. The molecule has 0 spiro atoms. The summed E-state index contributed by atoms with van der Waals surface area (Å²) in [6.07, 6.45) is 2.10. The zero-order valence-corrected chi connectivity index (χ0v) is 14.2. The Morgan fingerprint density at radius 2 is 2.04 bits per heavy atom. The molecule has 0 bridgehead atoms. The number of halogens is 1. The van der Waals surface area contributed by atoms with Crippen LogP contribution in [-0.4, -0.2) is 11.9 Å². The van der Waals surface area contributed by atoms with Gasteiger partial charge in [-0.1, -0.05) is 41.9 Å². The molecular weight excluding hydrogens is 308 g/mol. The Morgan fingerprint density at radius 1 is 1.26 bits per heavy atom. The fourth-order valence-corrected chi connectivity index (χ4v) is 3.25. The molecule has 2 aromatic rings. The predicted molar refractivity (Wildman–Crippen MR) is 94.9 cm³/mol. The molecule has 3 nitrogen and oxygen atoms in total. The predicted octanol–water partition coefficient (Wildman–Crippen LogP) is 4.25. The van der Waals surface area contributed by atoms with Gasteiger partial charge in [-0.2, -0.15) is 0 Å². The SMILES string of the molecule is Cc1ccc(Cl)cc1NC(=O)[C@@H](C)N[C@@H]1CCc2ccccc21. The van der Waals surface area contributed by atoms with Gasteiger partial charge >= 0.3 is 0 Å². The molecule has 1 aliphatic carbocycles. The average Bonchev–Trinajstić information content (AvgIpc) is 2.94. The highest BCUT2D eigenvalue weighted by Gasteiger charge is 2.25. The summed E-state index contributed by atoms with van der Waals surface area (Å²) in [5.41, 5.74) is 4.46. The molecule has 0 fully saturated rings. The van der Waals surface area contributed by atoms with E-state index in [2.05, 4.69) is 34.9 Å². The third kappa shape index (κ3) is 3.57. The molecule has 1 aliphatic rings. The molecule has 23 heavy (non-hydrogen) atoms. The lowest BCUT2D eigenvalue weighted by Gasteiger charge is -2.20. The van der Waals surface area contributed by atoms with Crippen LogP contribution in [0, 0.1) is 6.92 Å². The fourth-order valence-electron chi connectivity index (χ4n) is 3.08. The van der Waals surface area contributed by atoms with E-state index in [1.165, 1.54) is 11.1 Å². The molecule has 2 N–H and O–H groups in total. The first-order chi connectivity index (χ1) is 11.0. The van der Waals surface area contributed by atoms with Crippen molar-refractivity contribution in [3.8, 4) is 0 Å². The van der Waals surface area contributed by atoms with E-state index in [-0.39, 0.29) is 18.0 Å². The Balaban J connectivity index is 1.66. The van der Waals surface area contributed by atoms with E-state index >= 15 is 0 Å². The van der Waals surface area contributed by atoms with E-state index in [4.69, 9.17) is 11.6 Å². The van der Waals surface area contributed by atoms with E-state index in [1.807, 2.05) is 26.0 Å². The molecule has 0 unspecified atom stereocenters. The first-order valence-electron chi connectivity index (χ1n) is 7.95. The van der Waals surface area contributed by atoms with Crippen LogP contribution < -0.4 is 10.6 Å². The molecule has 0 aliphatic heterocycles. The summed E-state index contributed by atoms with van der Waals surface area (Å²) in [6, 6.07) is 13.9. The highest BCUT2D eigenvalue weighted by molar-refractivity contribution is 6.31. The number of hydrogen-bond acceptors (Lipinski definition) is 2. The Morgan fingerprint density at radius 3 is 2.87 bits per heavy atom. The van der Waals surface area contributed by atoms with Gasteiger partial charge in [0, 0.05) is 16.8 Å². The summed E-state index contributed by atoms with van der Waals surface area (Å²) < 4.78 is 0. The maximum atomic E-state index is 12.5. The number of carbonyl (C=O) groups is 1. The Labute approximate surface area is 142 Å². The van der Waals surface area contributed by atoms with Crippen molar-refractivity contribution in [3.63, 3.8) is 0 Å². The van der Waals surface area contributed by atoms with Gasteiger partial charge in [0.2, 0.25) is 5.91 Å². The maximum Gasteiger partial charge on any atom is 0.241 e. The molecule has 0 saturated carbocycles. The first-order valence-corrected chi connectivity index (χ1v) is 8.33. The quantitative estimate of drug-likeness (QED) is 0.880. The number of hydrogen-bond donors (Lipinski definition) is 2. The van der Waals surface area contributed by atoms with Crippen molar-refractivity contribution in [1.82, 2.24) is 5.32 Å². The van der Waals surface area contributed by atoms with Gasteiger partial charge < -0.3 is 5.32 Å². The van der Waals surface area contributed by atoms with Gasteiger partial charge in [-0.15, -0.1) is 0 Å². The van der Waals surface area contributed by atoms with E-state index in [1.54, 1.807) is 6.07 Å². The number of fused-ring (bicyclic) bond motifs is 1. The number of aryl methyl sites for hydroxylation is 2. The standard InChI is InChI=1S/C19H21ClN2O/c1-12-7-9-15(20)11-18(12)22-19(23)13(2)21-17-10-8-14-5-3-4-6-16(14)17/h3-7,9,11,13,17,21H,8,10H2,1-2H3,(H,22,23)/t13-,17-/m1/s1. The maximum absolute atomic E-state index is 12.5. The van der Waals surface area contributed by atoms with E-state index < -0.39 is 0 Å². The normalized spacial score (nSPS) is 17.6. The molecular formula is C19H21ClN2O. The summed E-state index contributed by atoms with van der Waals surface area (Å²) in [5.74, 6) is -0.0419. The van der Waals surface area contributed by atoms with Gasteiger partial charge in [-0.3, -0.25) is 10.1 Å². The van der Waals surface area contributed by atoms with Crippen molar-refractivity contribution in [2.45, 2.75) is 38.8 Å². The molecule has 0 radical (unpaired) electrons. The minimum Gasteiger partial charge on any atom is -0.324 e. The second-order valence-corrected chi connectivity index (χ2v) is 6.56.